The third-order valence-corrected chi connectivity index (χ3v) is 7.29. The van der Waals surface area contributed by atoms with Crippen LogP contribution in [0.2, 0.25) is 0 Å². The zero-order chi connectivity index (χ0) is 23.1. The number of likely N-dealkylation sites (tertiary alicyclic amines) is 1. The predicted molar refractivity (Wildman–Crippen MR) is 126 cm³/mol. The molecule has 1 aromatic heterocycles. The number of ether oxygens (including phenoxy) is 2. The van der Waals surface area contributed by atoms with Gasteiger partial charge in [0.25, 0.3) is 0 Å². The normalized spacial score (nSPS) is 24.1. The lowest BCUT2D eigenvalue weighted by molar-refractivity contribution is 0.175. The summed E-state index contributed by atoms with van der Waals surface area (Å²) in [6.07, 6.45) is 2.05. The second kappa shape index (κ2) is 8.84. The molecule has 3 fully saturated rings. The number of fused-ring (bicyclic) bond motifs is 2. The highest BCUT2D eigenvalue weighted by molar-refractivity contribution is 6.99. The highest BCUT2D eigenvalue weighted by Crippen LogP contribution is 2.38. The number of hydrogen-bond acceptors (Lipinski definition) is 8. The highest BCUT2D eigenvalue weighted by Gasteiger charge is 2.44. The van der Waals surface area contributed by atoms with Crippen LogP contribution in [0, 0.1) is 5.82 Å². The van der Waals surface area contributed by atoms with Crippen LogP contribution in [0.25, 0.3) is 0 Å². The molecule has 0 aliphatic carbocycles. The van der Waals surface area contributed by atoms with E-state index in [9.17, 15) is 4.79 Å². The van der Waals surface area contributed by atoms with Crippen LogP contribution in [0.5, 0.6) is 5.88 Å². The number of anilines is 2. The van der Waals surface area contributed by atoms with Crippen molar-refractivity contribution in [3.05, 3.63) is 66.1 Å². The number of rotatable bonds is 7. The van der Waals surface area contributed by atoms with E-state index in [1.54, 1.807) is 12.1 Å². The minimum atomic E-state index is -0.506. The van der Waals surface area contributed by atoms with Gasteiger partial charge in [0.2, 0.25) is 5.88 Å². The number of piperazine rings is 1. The van der Waals surface area contributed by atoms with E-state index < -0.39 is 6.09 Å². The van der Waals surface area contributed by atoms with E-state index in [4.69, 9.17) is 9.47 Å². The molecular weight excluding hydrogens is 457 g/mol. The molecular formula is C24H24FN5O3S. The van der Waals surface area contributed by atoms with Crippen LogP contribution in [-0.2, 0) is 11.3 Å². The minimum Gasteiger partial charge on any atom is -0.474 e. The summed E-state index contributed by atoms with van der Waals surface area (Å²) in [5.74, 6) is 0.0685. The Morgan fingerprint density at radius 2 is 2.03 bits per heavy atom. The average molecular weight is 482 g/mol. The van der Waals surface area contributed by atoms with Crippen molar-refractivity contribution >= 4 is 29.2 Å². The molecule has 34 heavy (non-hydrogen) atoms. The van der Waals surface area contributed by atoms with Crippen LogP contribution in [0.1, 0.15) is 12.0 Å². The second-order valence-corrected chi connectivity index (χ2v) is 9.46. The number of benzene rings is 2. The van der Waals surface area contributed by atoms with Gasteiger partial charge in [-0.15, -0.1) is 4.37 Å². The van der Waals surface area contributed by atoms with Crippen LogP contribution < -0.4 is 14.5 Å². The molecule has 3 saturated heterocycles. The summed E-state index contributed by atoms with van der Waals surface area (Å²) in [6, 6.07) is 15.8. The van der Waals surface area contributed by atoms with Crippen molar-refractivity contribution in [2.24, 2.45) is 0 Å². The Morgan fingerprint density at radius 1 is 1.15 bits per heavy atom. The lowest BCUT2D eigenvalue weighted by Gasteiger charge is -2.36. The first-order valence-corrected chi connectivity index (χ1v) is 12.1. The molecule has 3 aromatic rings. The van der Waals surface area contributed by atoms with Gasteiger partial charge in [-0.2, -0.15) is 4.37 Å². The molecule has 6 rings (SSSR count). The Balaban J connectivity index is 1.14. The quantitative estimate of drug-likeness (QED) is 0.511. The molecule has 0 spiro atoms. The van der Waals surface area contributed by atoms with E-state index in [0.29, 0.717) is 29.3 Å². The van der Waals surface area contributed by atoms with Gasteiger partial charge in [0.1, 0.15) is 31.3 Å². The van der Waals surface area contributed by atoms with Crippen molar-refractivity contribution in [3.8, 4) is 5.88 Å². The molecule has 3 atom stereocenters. The number of nitrogens with zero attached hydrogens (tertiary/aromatic N) is 5. The van der Waals surface area contributed by atoms with Crippen molar-refractivity contribution in [1.29, 1.82) is 0 Å². The third-order valence-electron chi connectivity index (χ3n) is 6.83. The van der Waals surface area contributed by atoms with Gasteiger partial charge < -0.3 is 14.4 Å². The molecule has 8 nitrogen and oxygen atoms in total. The summed E-state index contributed by atoms with van der Waals surface area (Å²) >= 11 is 1.05. The topological polar surface area (TPSA) is 71.0 Å². The summed E-state index contributed by atoms with van der Waals surface area (Å²) in [5, 5.41) is 0. The number of hydrogen-bond donors (Lipinski definition) is 0. The molecule has 0 unspecified atom stereocenters. The lowest BCUT2D eigenvalue weighted by atomic mass is 10.1. The SMILES string of the molecule is O=C1OC[C@@H](COc2cnsn2)N1c1ccc(N2C[C@@H]3C[C@H]2CN3Cc2ccccc2)c(F)c1. The Bertz CT molecular complexity index is 1160. The average Bonchev–Trinajstić information content (AvgIpc) is 3.63. The monoisotopic (exact) mass is 481 g/mol. The zero-order valence-electron chi connectivity index (χ0n) is 18.4. The van der Waals surface area contributed by atoms with Crippen molar-refractivity contribution in [3.63, 3.8) is 0 Å². The van der Waals surface area contributed by atoms with E-state index in [-0.39, 0.29) is 25.1 Å². The van der Waals surface area contributed by atoms with Gasteiger partial charge in [-0.1, -0.05) is 30.3 Å². The fourth-order valence-electron chi connectivity index (χ4n) is 5.24. The molecule has 1 amide bonds. The predicted octanol–water partition coefficient (Wildman–Crippen LogP) is 3.54. The first kappa shape index (κ1) is 21.3. The lowest BCUT2D eigenvalue weighted by Crippen LogP contribution is -2.46. The van der Waals surface area contributed by atoms with Gasteiger partial charge in [-0.25, -0.2) is 9.18 Å². The van der Waals surface area contributed by atoms with E-state index in [0.717, 1.165) is 37.8 Å². The van der Waals surface area contributed by atoms with Crippen LogP contribution in [0.3, 0.4) is 0 Å². The third kappa shape index (κ3) is 3.97. The number of aromatic nitrogens is 2. The second-order valence-electron chi connectivity index (χ2n) is 8.90. The van der Waals surface area contributed by atoms with Gasteiger partial charge in [0, 0.05) is 31.7 Å². The number of halogens is 1. The van der Waals surface area contributed by atoms with Crippen LogP contribution in [-0.4, -0.2) is 64.2 Å². The standard InChI is InChI=1S/C24H24FN5O3S/c25-21-9-17(30-20(15-33-24(30)31)14-32-23-10-26-34-27-23)6-7-22(21)29-13-18-8-19(29)12-28(18)11-16-4-2-1-3-5-16/h1-7,9-10,18-20H,8,11-15H2/t18-,19-,20+/m0/s1. The van der Waals surface area contributed by atoms with Gasteiger partial charge in [0.05, 0.1) is 23.1 Å². The molecule has 10 heteroatoms. The van der Waals surface area contributed by atoms with Gasteiger partial charge in [-0.3, -0.25) is 9.80 Å². The van der Waals surface area contributed by atoms with Crippen LogP contribution in [0.4, 0.5) is 20.6 Å². The summed E-state index contributed by atoms with van der Waals surface area (Å²) in [6.45, 7) is 3.01. The van der Waals surface area contributed by atoms with E-state index in [1.807, 2.05) is 6.07 Å². The fraction of sp³-hybridized carbons (Fsp3) is 0.375. The Hall–Kier alpha value is -3.24. The van der Waals surface area contributed by atoms with Crippen molar-refractivity contribution in [1.82, 2.24) is 13.6 Å². The largest absolute Gasteiger partial charge is 0.474 e. The Kier molecular flexibility index (Phi) is 5.54. The Labute approximate surface area is 200 Å². The number of carbonyl (C=O) groups is 1. The van der Waals surface area contributed by atoms with Crippen molar-refractivity contribution in [2.45, 2.75) is 31.1 Å². The smallest absolute Gasteiger partial charge is 0.414 e. The number of carbonyl (C=O) groups excluding carboxylic acids is 1. The molecule has 0 N–H and O–H groups in total. The number of amides is 1. The minimum absolute atomic E-state index is 0.174. The summed E-state index contributed by atoms with van der Waals surface area (Å²) < 4.78 is 34.0. The molecule has 2 bridgehead atoms. The van der Waals surface area contributed by atoms with E-state index in [1.165, 1.54) is 22.7 Å². The fourth-order valence-corrected chi connectivity index (χ4v) is 5.60. The molecule has 2 aromatic carbocycles. The maximum Gasteiger partial charge on any atom is 0.414 e. The summed E-state index contributed by atoms with van der Waals surface area (Å²) in [4.78, 5) is 18.5. The molecule has 4 heterocycles. The molecule has 3 aliphatic heterocycles. The summed E-state index contributed by atoms with van der Waals surface area (Å²) in [7, 11) is 0. The molecule has 176 valence electrons. The summed E-state index contributed by atoms with van der Waals surface area (Å²) in [5.41, 5.74) is 2.35. The first-order valence-electron chi connectivity index (χ1n) is 11.4. The first-order chi connectivity index (χ1) is 16.7. The highest BCUT2D eigenvalue weighted by atomic mass is 32.1. The molecule has 0 radical (unpaired) electrons. The van der Waals surface area contributed by atoms with Crippen molar-refractivity contribution in [2.75, 3.05) is 36.1 Å². The number of cyclic esters (lactones) is 1. The Morgan fingerprint density at radius 3 is 2.76 bits per heavy atom. The van der Waals surface area contributed by atoms with Gasteiger partial charge >= 0.3 is 6.09 Å². The zero-order valence-corrected chi connectivity index (χ0v) is 19.2. The van der Waals surface area contributed by atoms with Crippen molar-refractivity contribution < 1.29 is 18.7 Å². The van der Waals surface area contributed by atoms with Gasteiger partial charge in [-0.05, 0) is 30.2 Å². The molecule has 0 saturated carbocycles. The van der Waals surface area contributed by atoms with E-state index >= 15 is 4.39 Å². The maximum atomic E-state index is 15.3. The maximum absolute atomic E-state index is 15.3. The van der Waals surface area contributed by atoms with Gasteiger partial charge in [0.15, 0.2) is 0 Å². The van der Waals surface area contributed by atoms with Crippen LogP contribution >= 0.6 is 11.7 Å². The van der Waals surface area contributed by atoms with E-state index in [2.05, 4.69) is 42.8 Å². The van der Waals surface area contributed by atoms with Crippen LogP contribution in [0.15, 0.2) is 54.7 Å². The molecule has 3 aliphatic rings.